The van der Waals surface area contributed by atoms with Gasteiger partial charge < -0.3 is 4.74 Å². The van der Waals surface area contributed by atoms with Crippen LogP contribution in [0, 0.1) is 0 Å². The SMILES string of the molecule is CC1Cc2c(c3ccccc3n(-c3cc(Cl)cc(Cl)c3)c2=O)O1. The minimum atomic E-state index is -0.0821. The summed E-state index contributed by atoms with van der Waals surface area (Å²) in [6, 6.07) is 12.8. The minimum Gasteiger partial charge on any atom is -0.489 e. The van der Waals surface area contributed by atoms with Crippen LogP contribution in [0.2, 0.25) is 10.0 Å². The van der Waals surface area contributed by atoms with E-state index in [0.29, 0.717) is 33.5 Å². The van der Waals surface area contributed by atoms with Crippen molar-refractivity contribution in [1.82, 2.24) is 4.57 Å². The highest BCUT2D eigenvalue weighted by Crippen LogP contribution is 2.35. The summed E-state index contributed by atoms with van der Waals surface area (Å²) in [5, 5.41) is 1.91. The van der Waals surface area contributed by atoms with E-state index in [1.54, 1.807) is 22.8 Å². The van der Waals surface area contributed by atoms with Crippen molar-refractivity contribution in [3.63, 3.8) is 0 Å². The molecule has 0 amide bonds. The average Bonchev–Trinajstić information content (AvgIpc) is 2.89. The number of hydrogen-bond acceptors (Lipinski definition) is 2. The normalized spacial score (nSPS) is 16.4. The smallest absolute Gasteiger partial charge is 0.262 e. The van der Waals surface area contributed by atoms with E-state index in [4.69, 9.17) is 27.9 Å². The molecule has 1 aromatic heterocycles. The Balaban J connectivity index is 2.14. The molecule has 0 bridgehead atoms. The Morgan fingerprint density at radius 3 is 2.57 bits per heavy atom. The van der Waals surface area contributed by atoms with Gasteiger partial charge in [0, 0.05) is 21.9 Å². The van der Waals surface area contributed by atoms with Crippen LogP contribution in [0.4, 0.5) is 0 Å². The van der Waals surface area contributed by atoms with E-state index in [1.807, 2.05) is 31.2 Å². The predicted molar refractivity (Wildman–Crippen MR) is 93.4 cm³/mol. The molecule has 3 nitrogen and oxygen atoms in total. The Morgan fingerprint density at radius 2 is 1.83 bits per heavy atom. The van der Waals surface area contributed by atoms with Crippen molar-refractivity contribution in [3.8, 4) is 11.4 Å². The van der Waals surface area contributed by atoms with Crippen LogP contribution < -0.4 is 10.3 Å². The fourth-order valence-corrected chi connectivity index (χ4v) is 3.65. The molecule has 0 spiro atoms. The van der Waals surface area contributed by atoms with Crippen LogP contribution in [0.15, 0.2) is 47.3 Å². The van der Waals surface area contributed by atoms with E-state index in [1.165, 1.54) is 0 Å². The van der Waals surface area contributed by atoms with Gasteiger partial charge in [0.15, 0.2) is 0 Å². The minimum absolute atomic E-state index is 0.0000876. The number of fused-ring (bicyclic) bond motifs is 3. The molecule has 4 rings (SSSR count). The molecule has 1 atom stereocenters. The topological polar surface area (TPSA) is 31.2 Å². The third-order valence-corrected chi connectivity index (χ3v) is 4.48. The Hall–Kier alpha value is -1.97. The van der Waals surface area contributed by atoms with Crippen molar-refractivity contribution in [2.45, 2.75) is 19.4 Å². The van der Waals surface area contributed by atoms with Crippen LogP contribution in [-0.2, 0) is 6.42 Å². The second kappa shape index (κ2) is 5.29. The fourth-order valence-electron chi connectivity index (χ4n) is 3.13. The van der Waals surface area contributed by atoms with Crippen molar-refractivity contribution in [3.05, 3.63) is 68.4 Å². The molecule has 3 aromatic rings. The molecule has 1 aliphatic rings. The van der Waals surface area contributed by atoms with Crippen LogP contribution in [0.25, 0.3) is 16.6 Å². The van der Waals surface area contributed by atoms with E-state index in [0.717, 1.165) is 10.9 Å². The maximum absolute atomic E-state index is 13.0. The molecule has 5 heteroatoms. The van der Waals surface area contributed by atoms with Gasteiger partial charge in [-0.1, -0.05) is 35.3 Å². The zero-order chi connectivity index (χ0) is 16.1. The number of ether oxygens (including phenoxy) is 1. The molecule has 1 aliphatic heterocycles. The third kappa shape index (κ3) is 2.32. The Labute approximate surface area is 143 Å². The first-order chi connectivity index (χ1) is 11.0. The second-order valence-corrected chi connectivity index (χ2v) is 6.60. The molecule has 0 saturated heterocycles. The van der Waals surface area contributed by atoms with Gasteiger partial charge in [0.05, 0.1) is 16.8 Å². The Morgan fingerprint density at radius 1 is 1.13 bits per heavy atom. The Kier molecular flexibility index (Phi) is 3.36. The second-order valence-electron chi connectivity index (χ2n) is 5.73. The zero-order valence-electron chi connectivity index (χ0n) is 12.3. The van der Waals surface area contributed by atoms with Crippen LogP contribution in [0.5, 0.6) is 5.75 Å². The lowest BCUT2D eigenvalue weighted by molar-refractivity contribution is 0.257. The number of para-hydroxylation sites is 1. The monoisotopic (exact) mass is 345 g/mol. The highest BCUT2D eigenvalue weighted by atomic mass is 35.5. The first-order valence-corrected chi connectivity index (χ1v) is 8.10. The van der Waals surface area contributed by atoms with Crippen molar-refractivity contribution >= 4 is 34.1 Å². The molecule has 116 valence electrons. The summed E-state index contributed by atoms with van der Waals surface area (Å²) in [6.45, 7) is 1.97. The molecule has 0 saturated carbocycles. The highest BCUT2D eigenvalue weighted by molar-refractivity contribution is 6.34. The molecule has 2 heterocycles. The van der Waals surface area contributed by atoms with Gasteiger partial charge in [0.25, 0.3) is 5.56 Å². The zero-order valence-corrected chi connectivity index (χ0v) is 13.9. The Bertz CT molecular complexity index is 974. The molecule has 1 unspecified atom stereocenters. The standard InChI is InChI=1S/C18H13Cl2NO2/c1-10-6-15-17(23-10)14-4-2-3-5-16(14)21(18(15)22)13-8-11(19)7-12(20)9-13/h2-5,7-10H,6H2,1H3. The summed E-state index contributed by atoms with van der Waals surface area (Å²) in [6.07, 6.45) is 0.604. The number of pyridine rings is 1. The van der Waals surface area contributed by atoms with Gasteiger partial charge in [0.2, 0.25) is 0 Å². The molecule has 2 aromatic carbocycles. The van der Waals surface area contributed by atoms with Gasteiger partial charge in [-0.3, -0.25) is 9.36 Å². The van der Waals surface area contributed by atoms with Gasteiger partial charge in [-0.15, -0.1) is 0 Å². The first-order valence-electron chi connectivity index (χ1n) is 7.34. The lowest BCUT2D eigenvalue weighted by atomic mass is 10.1. The fraction of sp³-hybridized carbons (Fsp3) is 0.167. The quantitative estimate of drug-likeness (QED) is 0.644. The maximum atomic E-state index is 13.0. The number of halogens is 2. The molecule has 0 aliphatic carbocycles. The van der Waals surface area contributed by atoms with Gasteiger partial charge in [-0.05, 0) is 37.3 Å². The third-order valence-electron chi connectivity index (χ3n) is 4.04. The van der Waals surface area contributed by atoms with Crippen molar-refractivity contribution in [2.75, 3.05) is 0 Å². The van der Waals surface area contributed by atoms with E-state index >= 15 is 0 Å². The summed E-state index contributed by atoms with van der Waals surface area (Å²) in [4.78, 5) is 13.0. The molecule has 23 heavy (non-hydrogen) atoms. The average molecular weight is 346 g/mol. The van der Waals surface area contributed by atoms with Crippen LogP contribution in [0.1, 0.15) is 12.5 Å². The lowest BCUT2D eigenvalue weighted by Crippen LogP contribution is -2.22. The highest BCUT2D eigenvalue weighted by Gasteiger charge is 2.27. The van der Waals surface area contributed by atoms with Gasteiger partial charge in [-0.2, -0.15) is 0 Å². The van der Waals surface area contributed by atoms with Crippen molar-refractivity contribution < 1.29 is 4.74 Å². The van der Waals surface area contributed by atoms with Crippen molar-refractivity contribution in [2.24, 2.45) is 0 Å². The first kappa shape index (κ1) is 14.6. The molecular weight excluding hydrogens is 333 g/mol. The molecular formula is C18H13Cl2NO2. The summed E-state index contributed by atoms with van der Waals surface area (Å²) in [5.41, 5.74) is 2.06. The summed E-state index contributed by atoms with van der Waals surface area (Å²) in [7, 11) is 0. The van der Waals surface area contributed by atoms with E-state index < -0.39 is 0 Å². The number of nitrogens with zero attached hydrogens (tertiary/aromatic N) is 1. The lowest BCUT2D eigenvalue weighted by Gasteiger charge is -2.14. The predicted octanol–water partition coefficient (Wildman–Crippen LogP) is 4.62. The van der Waals surface area contributed by atoms with Gasteiger partial charge in [-0.25, -0.2) is 0 Å². The summed E-state index contributed by atoms with van der Waals surface area (Å²) >= 11 is 12.2. The summed E-state index contributed by atoms with van der Waals surface area (Å²) in [5.74, 6) is 0.697. The number of benzene rings is 2. The van der Waals surface area contributed by atoms with E-state index in [-0.39, 0.29) is 11.7 Å². The van der Waals surface area contributed by atoms with E-state index in [9.17, 15) is 4.79 Å². The van der Waals surface area contributed by atoms with Crippen LogP contribution in [0.3, 0.4) is 0 Å². The van der Waals surface area contributed by atoms with Crippen LogP contribution in [-0.4, -0.2) is 10.7 Å². The van der Waals surface area contributed by atoms with Gasteiger partial charge >= 0.3 is 0 Å². The number of rotatable bonds is 1. The number of hydrogen-bond donors (Lipinski definition) is 0. The molecule has 0 N–H and O–H groups in total. The molecule has 0 fully saturated rings. The van der Waals surface area contributed by atoms with Crippen molar-refractivity contribution in [1.29, 1.82) is 0 Å². The van der Waals surface area contributed by atoms with E-state index in [2.05, 4.69) is 0 Å². The van der Waals surface area contributed by atoms with Gasteiger partial charge in [0.1, 0.15) is 11.9 Å². The van der Waals surface area contributed by atoms with Crippen LogP contribution >= 0.6 is 23.2 Å². The number of aromatic nitrogens is 1. The molecule has 0 radical (unpaired) electrons. The maximum Gasteiger partial charge on any atom is 0.262 e. The largest absolute Gasteiger partial charge is 0.489 e. The summed E-state index contributed by atoms with van der Waals surface area (Å²) < 4.78 is 7.53.